The van der Waals surface area contributed by atoms with Crippen molar-refractivity contribution in [2.24, 2.45) is 0 Å². The van der Waals surface area contributed by atoms with E-state index in [2.05, 4.69) is 47.6 Å². The van der Waals surface area contributed by atoms with Gasteiger partial charge in [0.25, 0.3) is 0 Å². The van der Waals surface area contributed by atoms with E-state index in [0.29, 0.717) is 9.79 Å². The monoisotopic (exact) mass is 266 g/mol. The van der Waals surface area contributed by atoms with Crippen LogP contribution in [0.5, 0.6) is 0 Å². The maximum Gasteiger partial charge on any atom is 0.207 e. The van der Waals surface area contributed by atoms with E-state index >= 15 is 0 Å². The van der Waals surface area contributed by atoms with Gasteiger partial charge >= 0.3 is 0 Å². The number of hydrogen-bond donors (Lipinski definition) is 0. The highest BCUT2D eigenvalue weighted by molar-refractivity contribution is 7.93. The van der Waals surface area contributed by atoms with E-state index in [1.165, 1.54) is 0 Å². The molecule has 18 heavy (non-hydrogen) atoms. The van der Waals surface area contributed by atoms with Crippen LogP contribution in [0.15, 0.2) is 15.9 Å². The molecule has 0 amide bonds. The zero-order valence-corrected chi connectivity index (χ0v) is 12.9. The van der Waals surface area contributed by atoms with Crippen LogP contribution in [0.3, 0.4) is 0 Å². The second-order valence-electron chi connectivity index (χ2n) is 6.09. The molecule has 0 aliphatic carbocycles. The third kappa shape index (κ3) is 1.63. The zero-order valence-electron chi connectivity index (χ0n) is 12.0. The topological polar surface area (TPSA) is 34.1 Å². The lowest BCUT2D eigenvalue weighted by Crippen LogP contribution is -2.26. The fraction of sp³-hybridized carbons (Fsp3) is 0.600. The van der Waals surface area contributed by atoms with Crippen LogP contribution in [0, 0.1) is 0 Å². The Morgan fingerprint density at radius 2 is 1.17 bits per heavy atom. The van der Waals surface area contributed by atoms with Gasteiger partial charge in [-0.15, -0.1) is 0 Å². The summed E-state index contributed by atoms with van der Waals surface area (Å²) in [7, 11) is -3.16. The van der Waals surface area contributed by atoms with Crippen molar-refractivity contribution in [3.05, 3.63) is 22.8 Å². The molecule has 2 aliphatic rings. The molecule has 3 heteroatoms. The van der Waals surface area contributed by atoms with Gasteiger partial charge in [-0.05, 0) is 34.4 Å². The maximum atomic E-state index is 12.4. The molecule has 0 spiro atoms. The molecule has 2 heterocycles. The molecule has 0 saturated carbocycles. The number of rotatable bonds is 3. The van der Waals surface area contributed by atoms with Crippen LogP contribution in [0.4, 0.5) is 0 Å². The van der Waals surface area contributed by atoms with Crippen LogP contribution >= 0.6 is 0 Å². The second-order valence-corrected chi connectivity index (χ2v) is 7.92. The van der Waals surface area contributed by atoms with E-state index in [0.717, 1.165) is 16.7 Å². The fourth-order valence-corrected chi connectivity index (χ4v) is 5.27. The summed E-state index contributed by atoms with van der Waals surface area (Å²) in [6.07, 6.45) is 0. The Balaban J connectivity index is 2.86. The lowest BCUT2D eigenvalue weighted by molar-refractivity contribution is 0.566. The first kappa shape index (κ1) is 13.6. The van der Waals surface area contributed by atoms with Gasteiger partial charge in [-0.25, -0.2) is 8.42 Å². The molecular formula is C15H22O2S. The Morgan fingerprint density at radius 3 is 1.44 bits per heavy atom. The zero-order chi connectivity index (χ0) is 13.8. The average Bonchev–Trinajstić information content (AvgIpc) is 2.25. The van der Waals surface area contributed by atoms with Crippen LogP contribution in [0.2, 0.25) is 0 Å². The highest BCUT2D eigenvalue weighted by atomic mass is 32.2. The molecule has 2 bridgehead atoms. The van der Waals surface area contributed by atoms with Crippen molar-refractivity contribution < 1.29 is 8.42 Å². The first-order valence-corrected chi connectivity index (χ1v) is 8.13. The van der Waals surface area contributed by atoms with Gasteiger partial charge in [0.1, 0.15) is 0 Å². The Kier molecular flexibility index (Phi) is 3.09. The Labute approximate surface area is 110 Å². The van der Waals surface area contributed by atoms with E-state index in [1.807, 2.05) is 0 Å². The fourth-order valence-electron chi connectivity index (χ4n) is 2.75. The third-order valence-corrected chi connectivity index (χ3v) is 5.67. The van der Waals surface area contributed by atoms with Crippen LogP contribution < -0.4 is 0 Å². The molecule has 0 saturated heterocycles. The summed E-state index contributed by atoms with van der Waals surface area (Å²) in [5, 5.41) is 0. The number of fused-ring (bicyclic) bond motifs is 2. The lowest BCUT2D eigenvalue weighted by atomic mass is 9.88. The molecule has 1 aromatic rings. The summed E-state index contributed by atoms with van der Waals surface area (Å²) in [5.74, 6) is 0.771. The molecule has 2 nitrogen and oxygen atoms in total. The highest BCUT2D eigenvalue weighted by Crippen LogP contribution is 2.50. The van der Waals surface area contributed by atoms with Crippen molar-refractivity contribution >= 4 is 9.84 Å². The highest BCUT2D eigenvalue weighted by Gasteiger charge is 2.43. The van der Waals surface area contributed by atoms with Gasteiger partial charge in [-0.3, -0.25) is 0 Å². The summed E-state index contributed by atoms with van der Waals surface area (Å²) in [5.41, 5.74) is 3.06. The van der Waals surface area contributed by atoms with Gasteiger partial charge in [0, 0.05) is 0 Å². The minimum Gasteiger partial charge on any atom is -0.218 e. The first-order valence-electron chi connectivity index (χ1n) is 6.65. The lowest BCUT2D eigenvalue weighted by Gasteiger charge is -2.34. The Bertz CT molecular complexity index is 531. The van der Waals surface area contributed by atoms with Crippen molar-refractivity contribution in [2.75, 3.05) is 0 Å². The SMILES string of the molecule is CC(C)c1cc(C(C)C)c2c(C(C)C)c1S2(=O)=O. The average molecular weight is 266 g/mol. The molecule has 0 radical (unpaired) electrons. The van der Waals surface area contributed by atoms with Crippen LogP contribution in [0.1, 0.15) is 76.0 Å². The van der Waals surface area contributed by atoms with Crippen molar-refractivity contribution in [1.29, 1.82) is 0 Å². The maximum absolute atomic E-state index is 12.4. The van der Waals surface area contributed by atoms with Gasteiger partial charge in [-0.2, -0.15) is 0 Å². The van der Waals surface area contributed by atoms with Crippen LogP contribution in [-0.4, -0.2) is 8.42 Å². The molecule has 0 N–H and O–H groups in total. The summed E-state index contributed by atoms with van der Waals surface area (Å²) in [6, 6.07) is 2.10. The van der Waals surface area contributed by atoms with E-state index in [4.69, 9.17) is 0 Å². The molecule has 3 rings (SSSR count). The molecule has 0 fully saturated rings. The number of hydrogen-bond acceptors (Lipinski definition) is 2. The largest absolute Gasteiger partial charge is 0.218 e. The summed E-state index contributed by atoms with van der Waals surface area (Å²) >= 11 is 0. The molecule has 100 valence electrons. The van der Waals surface area contributed by atoms with Gasteiger partial charge in [-0.1, -0.05) is 47.6 Å². The van der Waals surface area contributed by atoms with Gasteiger partial charge in [0.15, 0.2) is 0 Å². The van der Waals surface area contributed by atoms with E-state index in [1.54, 1.807) is 0 Å². The van der Waals surface area contributed by atoms with Gasteiger partial charge < -0.3 is 0 Å². The number of benzene rings is 1. The molecule has 0 unspecified atom stereocenters. The van der Waals surface area contributed by atoms with E-state index < -0.39 is 9.84 Å². The minimum atomic E-state index is -3.16. The Morgan fingerprint density at radius 1 is 0.778 bits per heavy atom. The first-order chi connectivity index (χ1) is 8.19. The number of sulfone groups is 1. The molecular weight excluding hydrogens is 244 g/mol. The predicted octanol–water partition coefficient (Wildman–Crippen LogP) is 4.20. The summed E-state index contributed by atoms with van der Waals surface area (Å²) < 4.78 is 24.8. The smallest absolute Gasteiger partial charge is 0.207 e. The van der Waals surface area contributed by atoms with Gasteiger partial charge in [0.2, 0.25) is 9.84 Å². The standard InChI is InChI=1S/C15H22O2S/c1-8(2)11-7-12(9(3)4)15-13(10(5)6)14(11)18(15,16)17/h7-10H,1-6H3. The molecule has 0 atom stereocenters. The molecule has 2 aliphatic heterocycles. The normalized spacial score (nSPS) is 16.5. The van der Waals surface area contributed by atoms with E-state index in [-0.39, 0.29) is 17.8 Å². The van der Waals surface area contributed by atoms with Crippen molar-refractivity contribution in [1.82, 2.24) is 0 Å². The van der Waals surface area contributed by atoms with Crippen molar-refractivity contribution in [3.8, 4) is 0 Å². The molecule has 1 aromatic carbocycles. The minimum absolute atomic E-state index is 0.249. The van der Waals surface area contributed by atoms with Crippen molar-refractivity contribution in [2.45, 2.75) is 69.1 Å². The quantitative estimate of drug-likeness (QED) is 0.834. The summed E-state index contributed by atoms with van der Waals surface area (Å²) in [4.78, 5) is 1.24. The van der Waals surface area contributed by atoms with E-state index in [9.17, 15) is 8.42 Å². The second kappa shape index (κ2) is 4.09. The Hall–Kier alpha value is -0.830. The van der Waals surface area contributed by atoms with Crippen LogP contribution in [-0.2, 0) is 9.84 Å². The molecule has 0 aromatic heterocycles. The summed E-state index contributed by atoms with van der Waals surface area (Å²) in [6.45, 7) is 12.4. The van der Waals surface area contributed by atoms with Crippen LogP contribution in [0.25, 0.3) is 0 Å². The third-order valence-electron chi connectivity index (χ3n) is 3.68. The van der Waals surface area contributed by atoms with Crippen molar-refractivity contribution in [3.63, 3.8) is 0 Å². The predicted molar refractivity (Wildman–Crippen MR) is 74.2 cm³/mol. The van der Waals surface area contributed by atoms with Gasteiger partial charge in [0.05, 0.1) is 9.79 Å².